The molecule has 0 radical (unpaired) electrons. The number of halogens is 1. The second-order valence-electron chi connectivity index (χ2n) is 5.07. The number of benzene rings is 1. The first-order valence-electron chi connectivity index (χ1n) is 6.80. The number of carbonyl (C=O) groups excluding carboxylic acids is 1. The molecule has 0 bridgehead atoms. The van der Waals surface area contributed by atoms with Gasteiger partial charge in [0.2, 0.25) is 0 Å². The van der Waals surface area contributed by atoms with Gasteiger partial charge in [0.25, 0.3) is 0 Å². The molecule has 0 saturated carbocycles. The van der Waals surface area contributed by atoms with Gasteiger partial charge in [0, 0.05) is 6.04 Å². The SMILES string of the molecule is C[C@H](N[C@](C)(CO)COC(=O)OCCCl)c1ccccc1. The number of nitrogens with one attached hydrogen (secondary N) is 1. The standard InChI is InChI=1S/C15H22ClNO4/c1-12(13-6-4-3-5-7-13)17-15(2,10-18)11-21-14(19)20-9-8-16/h3-7,12,17-18H,8-11H2,1-2H3/t12-,15+/m0/s1. The molecule has 0 spiro atoms. The fourth-order valence-electron chi connectivity index (χ4n) is 1.86. The van der Waals surface area contributed by atoms with Crippen molar-refractivity contribution < 1.29 is 19.4 Å². The van der Waals surface area contributed by atoms with Crippen molar-refractivity contribution in [3.05, 3.63) is 35.9 Å². The van der Waals surface area contributed by atoms with Gasteiger partial charge in [0.15, 0.2) is 0 Å². The van der Waals surface area contributed by atoms with Crippen molar-refractivity contribution in [2.75, 3.05) is 25.7 Å². The van der Waals surface area contributed by atoms with Gasteiger partial charge >= 0.3 is 6.16 Å². The second kappa shape index (κ2) is 8.87. The number of hydrogen-bond donors (Lipinski definition) is 2. The number of hydrogen-bond acceptors (Lipinski definition) is 5. The summed E-state index contributed by atoms with van der Waals surface area (Å²) in [6.07, 6.45) is -0.788. The lowest BCUT2D eigenvalue weighted by atomic mass is 10.0. The second-order valence-corrected chi connectivity index (χ2v) is 5.45. The van der Waals surface area contributed by atoms with Crippen LogP contribution in [0.1, 0.15) is 25.5 Å². The first-order chi connectivity index (χ1) is 10.0. The molecule has 0 amide bonds. The molecule has 6 heteroatoms. The summed E-state index contributed by atoms with van der Waals surface area (Å²) >= 11 is 5.41. The molecule has 0 aliphatic heterocycles. The minimum Gasteiger partial charge on any atom is -0.433 e. The van der Waals surface area contributed by atoms with Crippen LogP contribution in [0.25, 0.3) is 0 Å². The molecule has 0 fully saturated rings. The average Bonchev–Trinajstić information content (AvgIpc) is 2.51. The maximum Gasteiger partial charge on any atom is 0.508 e. The topological polar surface area (TPSA) is 67.8 Å². The van der Waals surface area contributed by atoms with Crippen LogP contribution in [-0.2, 0) is 9.47 Å². The predicted molar refractivity (Wildman–Crippen MR) is 81.5 cm³/mol. The lowest BCUT2D eigenvalue weighted by Gasteiger charge is -2.31. The zero-order valence-electron chi connectivity index (χ0n) is 12.3. The number of alkyl halides is 1. The Labute approximate surface area is 130 Å². The van der Waals surface area contributed by atoms with E-state index in [1.165, 1.54) is 0 Å². The monoisotopic (exact) mass is 315 g/mol. The van der Waals surface area contributed by atoms with Gasteiger partial charge in [-0.2, -0.15) is 0 Å². The summed E-state index contributed by atoms with van der Waals surface area (Å²) in [6.45, 7) is 3.69. The lowest BCUT2D eigenvalue weighted by Crippen LogP contribution is -2.51. The van der Waals surface area contributed by atoms with Crippen LogP contribution in [0, 0.1) is 0 Å². The van der Waals surface area contributed by atoms with Crippen LogP contribution in [-0.4, -0.2) is 42.5 Å². The van der Waals surface area contributed by atoms with Gasteiger partial charge in [-0.25, -0.2) is 4.79 Å². The highest BCUT2D eigenvalue weighted by molar-refractivity contribution is 6.18. The molecule has 0 heterocycles. The minimum atomic E-state index is -0.788. The van der Waals surface area contributed by atoms with Gasteiger partial charge in [0.05, 0.1) is 18.0 Å². The maximum absolute atomic E-state index is 11.3. The summed E-state index contributed by atoms with van der Waals surface area (Å²) < 4.78 is 9.71. The van der Waals surface area contributed by atoms with E-state index in [0.717, 1.165) is 5.56 Å². The molecule has 0 aromatic heterocycles. The summed E-state index contributed by atoms with van der Waals surface area (Å²) in [5.41, 5.74) is 0.330. The molecule has 1 aromatic carbocycles. The van der Waals surface area contributed by atoms with E-state index in [-0.39, 0.29) is 31.7 Å². The van der Waals surface area contributed by atoms with Crippen molar-refractivity contribution in [2.45, 2.75) is 25.4 Å². The van der Waals surface area contributed by atoms with Crippen molar-refractivity contribution in [2.24, 2.45) is 0 Å². The Morgan fingerprint density at radius 1 is 1.38 bits per heavy atom. The molecule has 2 N–H and O–H groups in total. The van der Waals surface area contributed by atoms with Crippen molar-refractivity contribution in [3.8, 4) is 0 Å². The molecular weight excluding hydrogens is 294 g/mol. The molecule has 1 aromatic rings. The third-order valence-electron chi connectivity index (χ3n) is 3.02. The largest absolute Gasteiger partial charge is 0.508 e. The fourth-order valence-corrected chi connectivity index (χ4v) is 1.94. The van der Waals surface area contributed by atoms with Gasteiger partial charge in [-0.3, -0.25) is 5.32 Å². The Bertz CT molecular complexity index is 429. The number of aliphatic hydroxyl groups is 1. The molecule has 0 unspecified atom stereocenters. The van der Waals surface area contributed by atoms with Crippen LogP contribution in [0.15, 0.2) is 30.3 Å². The van der Waals surface area contributed by atoms with Crippen LogP contribution in [0.5, 0.6) is 0 Å². The molecule has 0 aliphatic carbocycles. The zero-order valence-corrected chi connectivity index (χ0v) is 13.1. The zero-order chi connectivity index (χ0) is 15.7. The summed E-state index contributed by atoms with van der Waals surface area (Å²) in [6, 6.07) is 9.83. The molecule has 0 aliphatic rings. The third kappa shape index (κ3) is 6.33. The predicted octanol–water partition coefficient (Wildman–Crippen LogP) is 2.48. The highest BCUT2D eigenvalue weighted by atomic mass is 35.5. The Balaban J connectivity index is 2.53. The van der Waals surface area contributed by atoms with Crippen molar-refractivity contribution in [1.29, 1.82) is 0 Å². The van der Waals surface area contributed by atoms with Gasteiger partial charge in [-0.15, -0.1) is 11.6 Å². The summed E-state index contributed by atoms with van der Waals surface area (Å²) in [4.78, 5) is 11.3. The van der Waals surface area contributed by atoms with Crippen molar-refractivity contribution in [3.63, 3.8) is 0 Å². The van der Waals surface area contributed by atoms with E-state index in [2.05, 4.69) is 5.32 Å². The molecule has 118 valence electrons. The highest BCUT2D eigenvalue weighted by Gasteiger charge is 2.28. The van der Waals surface area contributed by atoms with E-state index in [1.807, 2.05) is 37.3 Å². The van der Waals surface area contributed by atoms with E-state index in [9.17, 15) is 9.90 Å². The number of rotatable bonds is 8. The van der Waals surface area contributed by atoms with Crippen LogP contribution in [0.4, 0.5) is 4.79 Å². The molecule has 1 rings (SSSR count). The summed E-state index contributed by atoms with van der Waals surface area (Å²) in [7, 11) is 0. The average molecular weight is 316 g/mol. The van der Waals surface area contributed by atoms with Crippen molar-refractivity contribution in [1.82, 2.24) is 5.32 Å². The third-order valence-corrected chi connectivity index (χ3v) is 3.17. The Kier molecular flexibility index (Phi) is 7.50. The maximum atomic E-state index is 11.3. The summed E-state index contributed by atoms with van der Waals surface area (Å²) in [5, 5.41) is 12.8. The quantitative estimate of drug-likeness (QED) is 0.570. The van der Waals surface area contributed by atoms with Gasteiger partial charge in [-0.1, -0.05) is 30.3 Å². The first kappa shape index (κ1) is 17.8. The highest BCUT2D eigenvalue weighted by Crippen LogP contribution is 2.16. The molecule has 21 heavy (non-hydrogen) atoms. The fraction of sp³-hybridized carbons (Fsp3) is 0.533. The van der Waals surface area contributed by atoms with Gasteiger partial charge < -0.3 is 14.6 Å². The smallest absolute Gasteiger partial charge is 0.433 e. The lowest BCUT2D eigenvalue weighted by molar-refractivity contribution is 0.0233. The van der Waals surface area contributed by atoms with Gasteiger partial charge in [-0.05, 0) is 19.4 Å². The number of aliphatic hydroxyl groups excluding tert-OH is 1. The summed E-state index contributed by atoms with van der Waals surface area (Å²) in [5.74, 6) is 0.218. The van der Waals surface area contributed by atoms with E-state index < -0.39 is 11.7 Å². The Morgan fingerprint density at radius 2 is 2.05 bits per heavy atom. The van der Waals surface area contributed by atoms with Crippen LogP contribution >= 0.6 is 11.6 Å². The van der Waals surface area contributed by atoms with Crippen LogP contribution in [0.2, 0.25) is 0 Å². The molecule has 5 nitrogen and oxygen atoms in total. The molecule has 0 saturated heterocycles. The van der Waals surface area contributed by atoms with E-state index in [4.69, 9.17) is 21.1 Å². The van der Waals surface area contributed by atoms with E-state index in [1.54, 1.807) is 6.92 Å². The van der Waals surface area contributed by atoms with Crippen molar-refractivity contribution >= 4 is 17.8 Å². The van der Waals surface area contributed by atoms with Crippen LogP contribution in [0.3, 0.4) is 0 Å². The van der Waals surface area contributed by atoms with E-state index in [0.29, 0.717) is 0 Å². The van der Waals surface area contributed by atoms with E-state index >= 15 is 0 Å². The minimum absolute atomic E-state index is 0.00178. The normalized spacial score (nSPS) is 15.0. The number of carbonyl (C=O) groups is 1. The van der Waals surface area contributed by atoms with Gasteiger partial charge in [0.1, 0.15) is 13.2 Å². The number of ether oxygens (including phenoxy) is 2. The molecular formula is C15H22ClNO4. The Hall–Kier alpha value is -1.30. The Morgan fingerprint density at radius 3 is 2.62 bits per heavy atom. The first-order valence-corrected chi connectivity index (χ1v) is 7.33. The van der Waals surface area contributed by atoms with Crippen LogP contribution < -0.4 is 5.32 Å². The molecule has 2 atom stereocenters.